The van der Waals surface area contributed by atoms with Crippen LogP contribution in [-0.2, 0) is 42.6 Å². The number of nitrogens with zero attached hydrogens (tertiary/aromatic N) is 2. The highest BCUT2D eigenvalue weighted by atomic mass is 79.9. The van der Waals surface area contributed by atoms with Gasteiger partial charge in [0.15, 0.2) is 5.75 Å². The lowest BCUT2D eigenvalue weighted by atomic mass is 9.95. The number of hydrogen-bond acceptors (Lipinski definition) is 12. The van der Waals surface area contributed by atoms with Crippen molar-refractivity contribution in [3.63, 3.8) is 0 Å². The van der Waals surface area contributed by atoms with E-state index < -0.39 is 36.1 Å². The van der Waals surface area contributed by atoms with Crippen molar-refractivity contribution >= 4 is 85.1 Å². The first-order valence-corrected chi connectivity index (χ1v) is 28.1. The number of hydrogen-bond donors (Lipinski definition) is 0. The van der Waals surface area contributed by atoms with Gasteiger partial charge in [-0.3, -0.25) is 4.18 Å². The Morgan fingerprint density at radius 2 is 1.45 bits per heavy atom. The molecule has 6 rings (SSSR count). The second-order valence-electron chi connectivity index (χ2n) is 18.3. The largest absolute Gasteiger partial charge is 0.543 e. The molecule has 11 nitrogen and oxygen atoms in total. The predicted molar refractivity (Wildman–Crippen MR) is 270 cm³/mol. The quantitative estimate of drug-likeness (QED) is 0.0353. The molecule has 0 aliphatic rings. The van der Waals surface area contributed by atoms with Gasteiger partial charge in [-0.1, -0.05) is 105 Å². The Kier molecular flexibility index (Phi) is 16.3. The number of thiophene rings is 1. The minimum Gasteiger partial charge on any atom is -0.543 e. The van der Waals surface area contributed by atoms with E-state index in [-0.39, 0.29) is 52.1 Å². The summed E-state index contributed by atoms with van der Waals surface area (Å²) in [5, 5.41) is 0.882. The number of benzene rings is 4. The zero-order valence-corrected chi connectivity index (χ0v) is 44.4. The third-order valence-electron chi connectivity index (χ3n) is 11.0. The zero-order chi connectivity index (χ0) is 48.2. The number of ether oxygens (including phenoxy) is 4. The molecule has 352 valence electrons. The number of rotatable bonds is 18. The van der Waals surface area contributed by atoms with E-state index in [0.29, 0.717) is 65.5 Å². The van der Waals surface area contributed by atoms with Crippen LogP contribution in [0.5, 0.6) is 23.1 Å². The molecule has 0 bridgehead atoms. The van der Waals surface area contributed by atoms with Crippen LogP contribution in [0.25, 0.3) is 21.3 Å². The van der Waals surface area contributed by atoms with Crippen LogP contribution in [0, 0.1) is 13.8 Å². The van der Waals surface area contributed by atoms with Crippen molar-refractivity contribution in [3.05, 3.63) is 127 Å². The molecule has 0 amide bonds. The van der Waals surface area contributed by atoms with Gasteiger partial charge >= 0.3 is 5.97 Å². The molecule has 6 aromatic rings. The van der Waals surface area contributed by atoms with Crippen LogP contribution in [0.1, 0.15) is 69.4 Å². The van der Waals surface area contributed by atoms with E-state index in [9.17, 15) is 13.2 Å². The summed E-state index contributed by atoms with van der Waals surface area (Å²) in [6.45, 7) is 19.9. The first-order valence-electron chi connectivity index (χ1n) is 21.3. The average Bonchev–Trinajstić information content (AvgIpc) is 3.57. The minimum absolute atomic E-state index is 0.0406. The molecule has 0 radical (unpaired) electrons. The predicted octanol–water partition coefficient (Wildman–Crippen LogP) is 13.3. The van der Waals surface area contributed by atoms with Gasteiger partial charge in [-0.05, 0) is 115 Å². The summed E-state index contributed by atoms with van der Waals surface area (Å²) < 4.78 is 63.1. The molecular formula is C49H55BrCl2N2O9S2Si. The number of esters is 1. The van der Waals surface area contributed by atoms with Crippen molar-refractivity contribution < 1.29 is 40.8 Å². The molecule has 0 unspecified atom stereocenters. The van der Waals surface area contributed by atoms with Crippen molar-refractivity contribution in [2.45, 2.75) is 104 Å². The van der Waals surface area contributed by atoms with E-state index in [1.807, 2.05) is 68.4 Å². The highest BCUT2D eigenvalue weighted by molar-refractivity contribution is 9.11. The summed E-state index contributed by atoms with van der Waals surface area (Å²) in [6, 6.07) is 24.3. The van der Waals surface area contributed by atoms with Gasteiger partial charge in [-0.15, -0.1) is 11.3 Å². The van der Waals surface area contributed by atoms with Crippen LogP contribution in [0.3, 0.4) is 0 Å². The molecule has 1 atom stereocenters. The lowest BCUT2D eigenvalue weighted by Gasteiger charge is -2.36. The molecule has 0 N–H and O–H groups in total. The summed E-state index contributed by atoms with van der Waals surface area (Å²) in [6.07, 6.45) is 0.218. The first-order chi connectivity index (χ1) is 30.9. The second kappa shape index (κ2) is 21.0. The van der Waals surface area contributed by atoms with Crippen LogP contribution >= 0.6 is 50.5 Å². The summed E-state index contributed by atoms with van der Waals surface area (Å²) in [5.74, 6) is 0.653. The fourth-order valence-corrected chi connectivity index (χ4v) is 11.0. The Labute approximate surface area is 411 Å². The molecule has 0 saturated carbocycles. The first kappa shape index (κ1) is 51.2. The van der Waals surface area contributed by atoms with E-state index in [4.69, 9.17) is 50.8 Å². The lowest BCUT2D eigenvalue weighted by Crippen LogP contribution is -2.43. The average molecular weight is 1060 g/mol. The normalized spacial score (nSPS) is 12.8. The maximum atomic E-state index is 14.3. The van der Waals surface area contributed by atoms with Crippen molar-refractivity contribution in [1.82, 2.24) is 9.97 Å². The molecule has 0 aliphatic carbocycles. The van der Waals surface area contributed by atoms with Crippen molar-refractivity contribution in [1.29, 1.82) is 0 Å². The van der Waals surface area contributed by atoms with Gasteiger partial charge in [0, 0.05) is 17.5 Å². The van der Waals surface area contributed by atoms with Crippen molar-refractivity contribution in [3.8, 4) is 34.3 Å². The Bertz CT molecular complexity index is 2770. The third-order valence-corrected chi connectivity index (χ3v) is 19.3. The third kappa shape index (κ3) is 12.6. The number of carbonyl (C=O) groups is 1. The molecule has 2 aromatic heterocycles. The highest BCUT2D eigenvalue weighted by Gasteiger charge is 2.39. The monoisotopic (exact) mass is 1060 g/mol. The second-order valence-corrected chi connectivity index (χ2v) is 27.7. The van der Waals surface area contributed by atoms with Crippen LogP contribution in [0.15, 0.2) is 89.0 Å². The standard InChI is InChI=1S/C49H55BrCl2N2O9S2Si/c1-30-38(31(2)42(52)43(41(30)51)58-23-24-60-65(56,57)28-33-19-15-12-16-20-33)39-40-45(53-29-54-46(40)64-44(39)50)61-37(47(55)62-48(3,4)5)26-34-25-35(63-66(9,10)49(6,7)8)21-22-36(34)59-27-32-17-13-11-14-18-32/h11-22,25,29,37H,23-24,26-28H2,1-10H3/t37-/m1/s1. The number of aromatic nitrogens is 2. The maximum Gasteiger partial charge on any atom is 0.348 e. The van der Waals surface area contributed by atoms with Gasteiger partial charge in [-0.25, -0.2) is 14.8 Å². The molecule has 0 fully saturated rings. The van der Waals surface area contributed by atoms with Gasteiger partial charge < -0.3 is 23.4 Å². The topological polar surface area (TPSA) is 132 Å². The zero-order valence-electron chi connectivity index (χ0n) is 38.7. The summed E-state index contributed by atoms with van der Waals surface area (Å²) in [5.41, 5.74) is 3.96. The Morgan fingerprint density at radius 3 is 2.06 bits per heavy atom. The summed E-state index contributed by atoms with van der Waals surface area (Å²) >= 11 is 19.2. The number of carbonyl (C=O) groups excluding carboxylic acids is 1. The van der Waals surface area contributed by atoms with E-state index in [0.717, 1.165) is 5.56 Å². The smallest absolute Gasteiger partial charge is 0.348 e. The fraction of sp³-hybridized carbons (Fsp3) is 0.367. The van der Waals surface area contributed by atoms with Crippen molar-refractivity contribution in [2.24, 2.45) is 0 Å². The molecule has 0 saturated heterocycles. The minimum atomic E-state index is -3.88. The van der Waals surface area contributed by atoms with Crippen molar-refractivity contribution in [2.75, 3.05) is 13.2 Å². The van der Waals surface area contributed by atoms with Crippen LogP contribution in [0.2, 0.25) is 28.2 Å². The Hall–Kier alpha value is -4.22. The van der Waals surface area contributed by atoms with E-state index >= 15 is 0 Å². The van der Waals surface area contributed by atoms with E-state index in [2.05, 4.69) is 59.8 Å². The molecule has 66 heavy (non-hydrogen) atoms. The number of halogens is 3. The molecular weight excluding hydrogens is 1000 g/mol. The van der Waals surface area contributed by atoms with Crippen LogP contribution in [-0.4, -0.2) is 57.6 Å². The highest BCUT2D eigenvalue weighted by Crippen LogP contribution is 2.51. The van der Waals surface area contributed by atoms with Gasteiger partial charge in [0.1, 0.15) is 53.8 Å². The SMILES string of the molecule is Cc1c(Cl)c(OCCOS(=O)(=O)Cc2ccccc2)c(Cl)c(C)c1-c1c(Br)sc2ncnc(O[C@H](Cc3cc(O[Si](C)(C)C(C)(C)C)ccc3OCc3ccccc3)C(=O)OC(C)(C)C)c12. The van der Waals surface area contributed by atoms with Gasteiger partial charge in [0.05, 0.1) is 19.2 Å². The Balaban J connectivity index is 1.36. The Morgan fingerprint density at radius 1 is 0.833 bits per heavy atom. The molecule has 0 spiro atoms. The summed E-state index contributed by atoms with van der Waals surface area (Å²) in [7, 11) is -6.14. The van der Waals surface area contributed by atoms with E-state index in [1.165, 1.54) is 17.7 Å². The maximum absolute atomic E-state index is 14.3. The number of fused-ring (bicyclic) bond motifs is 1. The summed E-state index contributed by atoms with van der Waals surface area (Å²) in [4.78, 5) is 24.1. The van der Waals surface area contributed by atoms with E-state index in [1.54, 1.807) is 45.0 Å². The molecule has 17 heteroatoms. The van der Waals surface area contributed by atoms with Gasteiger partial charge in [0.25, 0.3) is 10.1 Å². The van der Waals surface area contributed by atoms with Crippen LogP contribution in [0.4, 0.5) is 0 Å². The molecule has 2 heterocycles. The lowest BCUT2D eigenvalue weighted by molar-refractivity contribution is -0.163. The van der Waals surface area contributed by atoms with Gasteiger partial charge in [0.2, 0.25) is 20.3 Å². The molecule has 4 aromatic carbocycles. The van der Waals surface area contributed by atoms with Crippen LogP contribution < -0.4 is 18.6 Å². The van der Waals surface area contributed by atoms with Gasteiger partial charge in [-0.2, -0.15) is 8.42 Å². The fourth-order valence-electron chi connectivity index (χ4n) is 6.73. The molecule has 0 aliphatic heterocycles.